The van der Waals surface area contributed by atoms with E-state index in [0.29, 0.717) is 23.7 Å². The van der Waals surface area contributed by atoms with Crippen LogP contribution in [0, 0.1) is 13.8 Å². The van der Waals surface area contributed by atoms with Gasteiger partial charge in [0.15, 0.2) is 0 Å². The third-order valence-electron chi connectivity index (χ3n) is 4.50. The van der Waals surface area contributed by atoms with Gasteiger partial charge in [0.2, 0.25) is 0 Å². The van der Waals surface area contributed by atoms with Crippen LogP contribution in [0.2, 0.25) is 5.15 Å². The Labute approximate surface area is 204 Å². The topological polar surface area (TPSA) is 144 Å². The summed E-state index contributed by atoms with van der Waals surface area (Å²) in [4.78, 5) is 16.2. The Morgan fingerprint density at radius 2 is 1.35 bits per heavy atom. The molecule has 34 heavy (non-hydrogen) atoms. The molecule has 10 heteroatoms. The Hall–Kier alpha value is -3.21. The van der Waals surface area contributed by atoms with E-state index in [9.17, 15) is 0 Å². The van der Waals surface area contributed by atoms with Gasteiger partial charge in [-0.1, -0.05) is 23.7 Å². The van der Waals surface area contributed by atoms with Crippen LogP contribution in [-0.4, -0.2) is 37.1 Å². The quantitative estimate of drug-likeness (QED) is 0.258. The molecule has 0 unspecified atom stereocenters. The van der Waals surface area contributed by atoms with Gasteiger partial charge in [-0.3, -0.25) is 15.0 Å². The van der Waals surface area contributed by atoms with Crippen LogP contribution in [0.4, 0.5) is 0 Å². The number of rotatable bonds is 4. The molecule has 176 valence electrons. The van der Waals surface area contributed by atoms with Gasteiger partial charge < -0.3 is 21.5 Å². The third kappa shape index (κ3) is 9.34. The summed E-state index contributed by atoms with van der Waals surface area (Å²) in [5, 5.41) is 17.9. The normalized spacial score (nSPS) is 9.85. The van der Waals surface area contributed by atoms with E-state index in [0.717, 1.165) is 33.8 Å². The summed E-state index contributed by atoms with van der Waals surface area (Å²) in [6.45, 7) is 4.82. The third-order valence-corrected chi connectivity index (χ3v) is 4.72. The second-order valence-electron chi connectivity index (χ2n) is 7.24. The smallest absolute Gasteiger partial charge is 0.423 e. The van der Waals surface area contributed by atoms with E-state index in [1.165, 1.54) is 0 Å². The Morgan fingerprint density at radius 3 is 1.79 bits per heavy atom. The molecule has 0 atom stereocenters. The summed E-state index contributed by atoms with van der Waals surface area (Å²) >= 11 is 5.52. The van der Waals surface area contributed by atoms with Gasteiger partial charge in [0.1, 0.15) is 5.15 Å². The zero-order chi connectivity index (χ0) is 24.9. The van der Waals surface area contributed by atoms with Crippen LogP contribution in [0.5, 0.6) is 0 Å². The van der Waals surface area contributed by atoms with Crippen LogP contribution in [-0.2, 0) is 13.1 Å². The van der Waals surface area contributed by atoms with Crippen LogP contribution in [0.3, 0.4) is 0 Å². The van der Waals surface area contributed by atoms with Gasteiger partial charge >= 0.3 is 7.12 Å². The maximum atomic E-state index is 8.68. The van der Waals surface area contributed by atoms with Gasteiger partial charge in [-0.05, 0) is 66.8 Å². The first-order valence-electron chi connectivity index (χ1n) is 10.5. The van der Waals surface area contributed by atoms with Crippen molar-refractivity contribution in [3.05, 3.63) is 101 Å². The molecule has 8 nitrogen and oxygen atoms in total. The van der Waals surface area contributed by atoms with Crippen molar-refractivity contribution in [1.29, 1.82) is 0 Å². The summed E-state index contributed by atoms with van der Waals surface area (Å²) in [6, 6.07) is 14.7. The van der Waals surface area contributed by atoms with Crippen LogP contribution >= 0.6 is 11.6 Å². The minimum absolute atomic E-state index is 0.479. The average molecular weight is 479 g/mol. The predicted octanol–water partition coefficient (Wildman–Crippen LogP) is 2.17. The summed E-state index contributed by atoms with van der Waals surface area (Å²) in [7, 11) is -1.39. The molecule has 0 saturated carbocycles. The second-order valence-corrected chi connectivity index (χ2v) is 7.63. The SMILES string of the molecule is Cc1cc(-c2ccc(CN)cn2)ccn1.Cc1cc(B(O)O)ccn1.NCc1ccc(Cl)nc1. The number of aromatic nitrogens is 4. The molecule has 4 aromatic rings. The molecule has 0 aliphatic carbocycles. The van der Waals surface area contributed by atoms with Crippen molar-refractivity contribution in [1.82, 2.24) is 19.9 Å². The first-order chi connectivity index (χ1) is 16.3. The maximum Gasteiger partial charge on any atom is 0.488 e. The van der Waals surface area contributed by atoms with E-state index in [1.807, 2.05) is 43.5 Å². The predicted molar refractivity (Wildman–Crippen MR) is 136 cm³/mol. The molecule has 0 radical (unpaired) electrons. The summed E-state index contributed by atoms with van der Waals surface area (Å²) in [6.07, 6.45) is 6.82. The van der Waals surface area contributed by atoms with Gasteiger partial charge in [-0.25, -0.2) is 4.98 Å². The van der Waals surface area contributed by atoms with E-state index in [2.05, 4.69) is 19.9 Å². The molecular weight excluding hydrogens is 451 g/mol. The summed E-state index contributed by atoms with van der Waals surface area (Å²) in [5.41, 5.74) is 17.2. The Balaban J connectivity index is 0.000000189. The molecule has 0 aliphatic rings. The average Bonchev–Trinajstić information content (AvgIpc) is 2.85. The monoisotopic (exact) mass is 478 g/mol. The zero-order valence-electron chi connectivity index (χ0n) is 19.1. The number of hydrogen-bond donors (Lipinski definition) is 4. The first-order valence-corrected chi connectivity index (χ1v) is 10.9. The molecule has 4 aromatic heterocycles. The minimum atomic E-state index is -1.39. The summed E-state index contributed by atoms with van der Waals surface area (Å²) < 4.78 is 0. The fraction of sp³-hybridized carbons (Fsp3) is 0.167. The molecule has 4 heterocycles. The highest BCUT2D eigenvalue weighted by Gasteiger charge is 2.09. The number of nitrogens with two attached hydrogens (primary N) is 2. The molecule has 0 spiro atoms. The van der Waals surface area contributed by atoms with E-state index >= 15 is 0 Å². The van der Waals surface area contributed by atoms with Crippen molar-refractivity contribution in [2.24, 2.45) is 11.5 Å². The van der Waals surface area contributed by atoms with Crippen molar-refractivity contribution in [3.8, 4) is 11.3 Å². The number of halogens is 1. The van der Waals surface area contributed by atoms with Crippen LogP contribution in [0.25, 0.3) is 11.3 Å². The minimum Gasteiger partial charge on any atom is -0.423 e. The molecule has 0 fully saturated rings. The van der Waals surface area contributed by atoms with Crippen LogP contribution in [0.1, 0.15) is 22.5 Å². The van der Waals surface area contributed by atoms with Crippen molar-refractivity contribution in [2.45, 2.75) is 26.9 Å². The molecule has 0 saturated heterocycles. The Morgan fingerprint density at radius 1 is 0.765 bits per heavy atom. The molecule has 4 rings (SSSR count). The lowest BCUT2D eigenvalue weighted by atomic mass is 9.81. The van der Waals surface area contributed by atoms with Crippen molar-refractivity contribution < 1.29 is 10.0 Å². The second kappa shape index (κ2) is 14.1. The van der Waals surface area contributed by atoms with Crippen molar-refractivity contribution >= 4 is 24.2 Å². The number of nitrogens with zero attached hydrogens (tertiary/aromatic N) is 4. The lowest BCUT2D eigenvalue weighted by Gasteiger charge is -2.02. The highest BCUT2D eigenvalue weighted by atomic mass is 35.5. The molecular formula is C24H28BClN6O2. The fourth-order valence-electron chi connectivity index (χ4n) is 2.68. The van der Waals surface area contributed by atoms with Crippen LogP contribution < -0.4 is 16.9 Å². The number of aryl methyl sites for hydroxylation is 2. The van der Waals surface area contributed by atoms with Crippen molar-refractivity contribution in [3.63, 3.8) is 0 Å². The van der Waals surface area contributed by atoms with Crippen LogP contribution in [0.15, 0.2) is 73.3 Å². The lowest BCUT2D eigenvalue weighted by molar-refractivity contribution is 0.425. The molecule has 0 aliphatic heterocycles. The molecule has 0 aromatic carbocycles. The van der Waals surface area contributed by atoms with E-state index in [-0.39, 0.29) is 0 Å². The van der Waals surface area contributed by atoms with E-state index in [1.54, 1.807) is 43.7 Å². The highest BCUT2D eigenvalue weighted by molar-refractivity contribution is 6.58. The van der Waals surface area contributed by atoms with Gasteiger partial charge in [-0.15, -0.1) is 0 Å². The van der Waals surface area contributed by atoms with Crippen molar-refractivity contribution in [2.75, 3.05) is 0 Å². The number of pyridine rings is 4. The van der Waals surface area contributed by atoms with Gasteiger partial charge in [0, 0.05) is 54.8 Å². The van der Waals surface area contributed by atoms with Gasteiger partial charge in [0.25, 0.3) is 0 Å². The number of hydrogen-bond acceptors (Lipinski definition) is 8. The zero-order valence-corrected chi connectivity index (χ0v) is 19.9. The standard InChI is InChI=1S/C12H13N3.C6H8BNO2.C6H7ClN2/c1-9-6-11(4-5-14-9)12-3-2-10(7-13)8-15-12;1-5-4-6(7(9)10)2-3-8-5;7-6-2-1-5(3-8)4-9-6/h2-6,8H,7,13H2,1H3;2-4,9-10H,1H3;1-2,4H,3,8H2. The Kier molecular flexibility index (Phi) is 11.2. The largest absolute Gasteiger partial charge is 0.488 e. The molecule has 6 N–H and O–H groups in total. The molecule has 0 amide bonds. The maximum absolute atomic E-state index is 8.68. The first kappa shape index (κ1) is 27.0. The van der Waals surface area contributed by atoms with Gasteiger partial charge in [0.05, 0.1) is 5.69 Å². The Bertz CT molecular complexity index is 1140. The van der Waals surface area contributed by atoms with E-state index in [4.69, 9.17) is 33.1 Å². The lowest BCUT2D eigenvalue weighted by Crippen LogP contribution is -2.29. The fourth-order valence-corrected chi connectivity index (χ4v) is 2.79. The summed E-state index contributed by atoms with van der Waals surface area (Å²) in [5.74, 6) is 0. The molecule has 0 bridgehead atoms. The van der Waals surface area contributed by atoms with Gasteiger partial charge in [-0.2, -0.15) is 0 Å². The van der Waals surface area contributed by atoms with E-state index < -0.39 is 7.12 Å². The highest BCUT2D eigenvalue weighted by Crippen LogP contribution is 2.16.